The Bertz CT molecular complexity index is 232. The predicted octanol–water partition coefficient (Wildman–Crippen LogP) is 5.03. The molecule has 0 aromatic heterocycles. The minimum atomic E-state index is 0.793. The Morgan fingerprint density at radius 2 is 1.60 bits per heavy atom. The Balaban J connectivity index is 0.000000423. The second-order valence-corrected chi connectivity index (χ2v) is 4.70. The van der Waals surface area contributed by atoms with Crippen LogP contribution in [0.5, 0.6) is 5.75 Å². The molecule has 0 fully saturated rings. The van der Waals surface area contributed by atoms with Gasteiger partial charge in [-0.05, 0) is 37.1 Å². The summed E-state index contributed by atoms with van der Waals surface area (Å²) >= 11 is 6.61. The molecule has 0 heterocycles. The highest BCUT2D eigenvalue weighted by molar-refractivity contribution is 9.10. The Labute approximate surface area is 109 Å². The van der Waals surface area contributed by atoms with Crippen LogP contribution in [0, 0.1) is 0 Å². The fourth-order valence-corrected chi connectivity index (χ4v) is 1.02. The Morgan fingerprint density at radius 3 is 2.00 bits per heavy atom. The van der Waals surface area contributed by atoms with Crippen molar-refractivity contribution in [2.75, 3.05) is 11.9 Å². The number of alkyl halides is 1. The molecule has 1 aromatic rings. The van der Waals surface area contributed by atoms with Crippen molar-refractivity contribution in [3.05, 3.63) is 28.7 Å². The summed E-state index contributed by atoms with van der Waals surface area (Å²) in [6.45, 7) is 5.02. The summed E-state index contributed by atoms with van der Waals surface area (Å²) in [4.78, 5) is 0. The van der Waals surface area contributed by atoms with Gasteiger partial charge in [0.1, 0.15) is 5.75 Å². The largest absolute Gasteiger partial charge is 0.494 e. The molecule has 0 aliphatic rings. The second kappa shape index (κ2) is 10.5. The van der Waals surface area contributed by atoms with Crippen molar-refractivity contribution < 1.29 is 4.74 Å². The molecule has 1 aromatic carbocycles. The SMILES string of the molecule is CCCBr.CCCOc1ccc(Br)cc1. The molecule has 0 amide bonds. The molecule has 0 aliphatic carbocycles. The first-order valence-electron chi connectivity index (χ1n) is 5.18. The molecular weight excluding hydrogens is 320 g/mol. The van der Waals surface area contributed by atoms with E-state index in [-0.39, 0.29) is 0 Å². The number of hydrogen-bond donors (Lipinski definition) is 0. The molecule has 1 nitrogen and oxygen atoms in total. The number of ether oxygens (including phenoxy) is 1. The van der Waals surface area contributed by atoms with E-state index < -0.39 is 0 Å². The van der Waals surface area contributed by atoms with Crippen LogP contribution in [0.2, 0.25) is 0 Å². The lowest BCUT2D eigenvalue weighted by Gasteiger charge is -2.02. The van der Waals surface area contributed by atoms with Crippen molar-refractivity contribution in [3.8, 4) is 5.75 Å². The van der Waals surface area contributed by atoms with Gasteiger partial charge in [0.25, 0.3) is 0 Å². The van der Waals surface area contributed by atoms with Crippen molar-refractivity contribution in [2.45, 2.75) is 26.7 Å². The summed E-state index contributed by atoms with van der Waals surface area (Å²) < 4.78 is 6.47. The highest BCUT2D eigenvalue weighted by Gasteiger charge is 1.90. The summed E-state index contributed by atoms with van der Waals surface area (Å²) in [6.07, 6.45) is 2.29. The second-order valence-electron chi connectivity index (χ2n) is 2.99. The fraction of sp³-hybridized carbons (Fsp3) is 0.500. The molecule has 0 saturated carbocycles. The standard InChI is InChI=1S/C9H11BrO.C3H7Br/c1-2-7-11-9-5-3-8(10)4-6-9;1-2-3-4/h3-6H,2,7H2,1H3;2-3H2,1H3. The number of rotatable bonds is 4. The summed E-state index contributed by atoms with van der Waals surface area (Å²) in [5.41, 5.74) is 0. The minimum Gasteiger partial charge on any atom is -0.494 e. The van der Waals surface area contributed by atoms with Crippen LogP contribution in [0.25, 0.3) is 0 Å². The minimum absolute atomic E-state index is 0.793. The van der Waals surface area contributed by atoms with Crippen LogP contribution in [-0.2, 0) is 0 Å². The summed E-state index contributed by atoms with van der Waals surface area (Å²) in [6, 6.07) is 7.87. The van der Waals surface area contributed by atoms with Crippen molar-refractivity contribution in [1.29, 1.82) is 0 Å². The van der Waals surface area contributed by atoms with Crippen molar-refractivity contribution in [1.82, 2.24) is 0 Å². The summed E-state index contributed by atoms with van der Waals surface area (Å²) in [5.74, 6) is 0.940. The van der Waals surface area contributed by atoms with E-state index in [1.165, 1.54) is 6.42 Å². The van der Waals surface area contributed by atoms with Crippen LogP contribution in [0.15, 0.2) is 28.7 Å². The van der Waals surface area contributed by atoms with Gasteiger partial charge in [-0.2, -0.15) is 0 Å². The molecule has 0 aliphatic heterocycles. The molecule has 86 valence electrons. The third-order valence-electron chi connectivity index (χ3n) is 1.48. The zero-order valence-corrected chi connectivity index (χ0v) is 12.5. The molecule has 1 rings (SSSR count). The summed E-state index contributed by atoms with van der Waals surface area (Å²) in [5, 5.41) is 1.13. The molecule has 15 heavy (non-hydrogen) atoms. The molecule has 0 radical (unpaired) electrons. The van der Waals surface area contributed by atoms with Crippen LogP contribution < -0.4 is 4.74 Å². The van der Waals surface area contributed by atoms with E-state index in [1.54, 1.807) is 0 Å². The first-order valence-corrected chi connectivity index (χ1v) is 7.10. The third kappa shape index (κ3) is 8.94. The van der Waals surface area contributed by atoms with E-state index in [9.17, 15) is 0 Å². The quantitative estimate of drug-likeness (QED) is 0.700. The van der Waals surface area contributed by atoms with E-state index in [1.807, 2.05) is 24.3 Å². The first-order chi connectivity index (χ1) is 7.24. The van der Waals surface area contributed by atoms with Gasteiger partial charge in [-0.15, -0.1) is 0 Å². The van der Waals surface area contributed by atoms with Crippen molar-refractivity contribution in [2.24, 2.45) is 0 Å². The van der Waals surface area contributed by atoms with Gasteiger partial charge >= 0.3 is 0 Å². The Morgan fingerprint density at radius 1 is 1.07 bits per heavy atom. The predicted molar refractivity (Wildman–Crippen MR) is 74.0 cm³/mol. The average molecular weight is 338 g/mol. The van der Waals surface area contributed by atoms with Crippen LogP contribution in [-0.4, -0.2) is 11.9 Å². The topological polar surface area (TPSA) is 9.23 Å². The van der Waals surface area contributed by atoms with Gasteiger partial charge in [-0.3, -0.25) is 0 Å². The fourth-order valence-electron chi connectivity index (χ4n) is 0.751. The van der Waals surface area contributed by atoms with Crippen molar-refractivity contribution in [3.63, 3.8) is 0 Å². The zero-order chi connectivity index (χ0) is 11.5. The highest BCUT2D eigenvalue weighted by atomic mass is 79.9. The van der Waals surface area contributed by atoms with Gasteiger partial charge in [0.2, 0.25) is 0 Å². The molecule has 0 saturated heterocycles. The van der Waals surface area contributed by atoms with Crippen LogP contribution in [0.1, 0.15) is 26.7 Å². The molecule has 0 unspecified atom stereocenters. The summed E-state index contributed by atoms with van der Waals surface area (Å²) in [7, 11) is 0. The van der Waals surface area contributed by atoms with Crippen LogP contribution in [0.4, 0.5) is 0 Å². The van der Waals surface area contributed by atoms with Gasteiger partial charge < -0.3 is 4.74 Å². The van der Waals surface area contributed by atoms with E-state index in [2.05, 4.69) is 45.7 Å². The Hall–Kier alpha value is -0.0200. The van der Waals surface area contributed by atoms with Gasteiger partial charge in [-0.1, -0.05) is 45.7 Å². The van der Waals surface area contributed by atoms with Gasteiger partial charge in [0, 0.05) is 9.80 Å². The molecule has 0 atom stereocenters. The lowest BCUT2D eigenvalue weighted by atomic mass is 10.3. The van der Waals surface area contributed by atoms with E-state index in [0.29, 0.717) is 0 Å². The first kappa shape index (κ1) is 15.0. The van der Waals surface area contributed by atoms with E-state index >= 15 is 0 Å². The Kier molecular flexibility index (Phi) is 10.5. The lowest BCUT2D eigenvalue weighted by molar-refractivity contribution is 0.317. The van der Waals surface area contributed by atoms with Crippen molar-refractivity contribution >= 4 is 31.9 Å². The monoisotopic (exact) mass is 336 g/mol. The maximum absolute atomic E-state index is 5.39. The number of hydrogen-bond acceptors (Lipinski definition) is 1. The maximum Gasteiger partial charge on any atom is 0.119 e. The van der Waals surface area contributed by atoms with E-state index in [0.717, 1.165) is 28.6 Å². The highest BCUT2D eigenvalue weighted by Crippen LogP contribution is 2.15. The van der Waals surface area contributed by atoms with Crippen LogP contribution in [0.3, 0.4) is 0 Å². The molecular formula is C12H18Br2O. The number of halogens is 2. The van der Waals surface area contributed by atoms with Gasteiger partial charge in [-0.25, -0.2) is 0 Å². The lowest BCUT2D eigenvalue weighted by Crippen LogP contribution is -1.93. The third-order valence-corrected chi connectivity index (χ3v) is 2.80. The molecule has 3 heteroatoms. The molecule has 0 spiro atoms. The smallest absolute Gasteiger partial charge is 0.119 e. The van der Waals surface area contributed by atoms with Gasteiger partial charge in [0.05, 0.1) is 6.61 Å². The average Bonchev–Trinajstić information content (AvgIpc) is 2.29. The molecule has 0 N–H and O–H groups in total. The normalized spacial score (nSPS) is 9.07. The molecule has 0 bridgehead atoms. The maximum atomic E-state index is 5.39. The van der Waals surface area contributed by atoms with E-state index in [4.69, 9.17) is 4.74 Å². The number of benzene rings is 1. The van der Waals surface area contributed by atoms with Gasteiger partial charge in [0.15, 0.2) is 0 Å². The van der Waals surface area contributed by atoms with Crippen LogP contribution >= 0.6 is 31.9 Å². The zero-order valence-electron chi connectivity index (χ0n) is 9.30.